The fraction of sp³-hybridized carbons (Fsp3) is 0.182. The maximum Gasteiger partial charge on any atom is 0.274 e. The molecule has 0 fully saturated rings. The lowest BCUT2D eigenvalue weighted by Gasteiger charge is -2.19. The third kappa shape index (κ3) is 3.06. The Morgan fingerprint density at radius 2 is 1.92 bits per heavy atom. The van der Waals surface area contributed by atoms with E-state index in [1.165, 1.54) is 16.8 Å². The van der Waals surface area contributed by atoms with Gasteiger partial charge in [-0.3, -0.25) is 4.79 Å². The van der Waals surface area contributed by atoms with E-state index in [1.807, 2.05) is 32.0 Å². The number of fused-ring (bicyclic) bond motifs is 1. The summed E-state index contributed by atoms with van der Waals surface area (Å²) in [4.78, 5) is 19.1. The highest BCUT2D eigenvalue weighted by Gasteiger charge is 2.20. The molecular formula is C22H21N3O. The second-order valence-electron chi connectivity index (χ2n) is 6.70. The number of rotatable bonds is 3. The average Bonchev–Trinajstić information content (AvgIpc) is 3.08. The highest BCUT2D eigenvalue weighted by atomic mass is 16.1. The van der Waals surface area contributed by atoms with E-state index in [0.29, 0.717) is 5.69 Å². The lowest BCUT2D eigenvalue weighted by molar-refractivity contribution is 0.102. The number of nitrogens with zero attached hydrogens (tertiary/aromatic N) is 2. The van der Waals surface area contributed by atoms with E-state index in [1.54, 1.807) is 12.3 Å². The summed E-state index contributed by atoms with van der Waals surface area (Å²) in [5.41, 5.74) is 7.04. The molecule has 1 aliphatic heterocycles. The van der Waals surface area contributed by atoms with Gasteiger partial charge in [-0.25, -0.2) is 4.98 Å². The smallest absolute Gasteiger partial charge is 0.274 e. The average molecular weight is 343 g/mol. The Bertz CT molecular complexity index is 963. The van der Waals surface area contributed by atoms with Crippen molar-refractivity contribution in [2.45, 2.75) is 20.3 Å². The van der Waals surface area contributed by atoms with Crippen molar-refractivity contribution in [1.82, 2.24) is 4.98 Å². The van der Waals surface area contributed by atoms with Crippen LogP contribution in [0.1, 0.15) is 27.2 Å². The van der Waals surface area contributed by atoms with Crippen molar-refractivity contribution in [1.29, 1.82) is 0 Å². The van der Waals surface area contributed by atoms with Crippen molar-refractivity contribution in [2.75, 3.05) is 16.8 Å². The molecule has 4 nitrogen and oxygen atoms in total. The van der Waals surface area contributed by atoms with Gasteiger partial charge in [-0.1, -0.05) is 35.9 Å². The van der Waals surface area contributed by atoms with Gasteiger partial charge in [0, 0.05) is 17.9 Å². The van der Waals surface area contributed by atoms with E-state index in [4.69, 9.17) is 0 Å². The first-order valence-corrected chi connectivity index (χ1v) is 8.82. The third-order valence-electron chi connectivity index (χ3n) is 4.81. The van der Waals surface area contributed by atoms with E-state index >= 15 is 0 Å². The SMILES string of the molecule is Cc1ccc(NC(=O)c2ccc(N3CCc4ccccc43)cn2)c(C)c1. The molecule has 0 saturated carbocycles. The van der Waals surface area contributed by atoms with Crippen molar-refractivity contribution in [2.24, 2.45) is 0 Å². The summed E-state index contributed by atoms with van der Waals surface area (Å²) in [5, 5.41) is 2.94. The highest BCUT2D eigenvalue weighted by molar-refractivity contribution is 6.03. The first kappa shape index (κ1) is 16.3. The van der Waals surface area contributed by atoms with Gasteiger partial charge in [-0.05, 0) is 55.7 Å². The van der Waals surface area contributed by atoms with Gasteiger partial charge in [0.2, 0.25) is 0 Å². The molecule has 3 aromatic rings. The number of aromatic nitrogens is 1. The number of hydrogen-bond donors (Lipinski definition) is 1. The lowest BCUT2D eigenvalue weighted by atomic mass is 10.1. The predicted octanol–water partition coefficient (Wildman–Crippen LogP) is 4.64. The Kier molecular flexibility index (Phi) is 4.17. The number of carbonyl (C=O) groups is 1. The molecule has 0 radical (unpaired) electrons. The molecule has 0 spiro atoms. The van der Waals surface area contributed by atoms with E-state index in [0.717, 1.165) is 29.9 Å². The number of hydrogen-bond acceptors (Lipinski definition) is 3. The number of carbonyl (C=O) groups excluding carboxylic acids is 1. The molecule has 1 amide bonds. The van der Waals surface area contributed by atoms with Crippen LogP contribution in [-0.2, 0) is 6.42 Å². The second kappa shape index (κ2) is 6.64. The summed E-state index contributed by atoms with van der Waals surface area (Å²) in [6, 6.07) is 18.1. The van der Waals surface area contributed by atoms with Gasteiger partial charge in [0.15, 0.2) is 0 Å². The number of nitrogens with one attached hydrogen (secondary N) is 1. The molecular weight excluding hydrogens is 322 g/mol. The lowest BCUT2D eigenvalue weighted by Crippen LogP contribution is -2.16. The fourth-order valence-corrected chi connectivity index (χ4v) is 3.43. The van der Waals surface area contributed by atoms with Gasteiger partial charge in [0.25, 0.3) is 5.91 Å². The molecule has 0 aliphatic carbocycles. The number of aryl methyl sites for hydroxylation is 2. The Morgan fingerprint density at radius 3 is 2.69 bits per heavy atom. The van der Waals surface area contributed by atoms with Crippen LogP contribution in [0.3, 0.4) is 0 Å². The van der Waals surface area contributed by atoms with Crippen molar-refractivity contribution < 1.29 is 4.79 Å². The zero-order valence-corrected chi connectivity index (χ0v) is 15.0. The summed E-state index contributed by atoms with van der Waals surface area (Å²) < 4.78 is 0. The van der Waals surface area contributed by atoms with Crippen LogP contribution >= 0.6 is 0 Å². The molecule has 1 aromatic heterocycles. The predicted molar refractivity (Wildman–Crippen MR) is 105 cm³/mol. The second-order valence-corrected chi connectivity index (χ2v) is 6.70. The van der Waals surface area contributed by atoms with Crippen LogP contribution in [0.4, 0.5) is 17.1 Å². The molecule has 26 heavy (non-hydrogen) atoms. The van der Waals surface area contributed by atoms with Gasteiger partial charge in [-0.15, -0.1) is 0 Å². The van der Waals surface area contributed by atoms with Crippen LogP contribution in [0.15, 0.2) is 60.8 Å². The number of amides is 1. The monoisotopic (exact) mass is 343 g/mol. The van der Waals surface area contributed by atoms with E-state index < -0.39 is 0 Å². The Hall–Kier alpha value is -3.14. The molecule has 4 heteroatoms. The molecule has 0 unspecified atom stereocenters. The molecule has 2 aromatic carbocycles. The van der Waals surface area contributed by atoms with Crippen molar-refractivity contribution >= 4 is 23.0 Å². The van der Waals surface area contributed by atoms with Crippen molar-refractivity contribution in [3.05, 3.63) is 83.2 Å². The molecule has 1 aliphatic rings. The number of para-hydroxylation sites is 1. The largest absolute Gasteiger partial charge is 0.340 e. The Balaban J connectivity index is 1.52. The van der Waals surface area contributed by atoms with Crippen LogP contribution in [0.5, 0.6) is 0 Å². The summed E-state index contributed by atoms with van der Waals surface area (Å²) in [7, 11) is 0. The minimum Gasteiger partial charge on any atom is -0.340 e. The van der Waals surface area contributed by atoms with E-state index in [-0.39, 0.29) is 5.91 Å². The first-order chi connectivity index (χ1) is 12.6. The first-order valence-electron chi connectivity index (χ1n) is 8.82. The standard InChI is InChI=1S/C22H21N3O/c1-15-7-9-19(16(2)13-15)24-22(26)20-10-8-18(14-23-20)25-12-11-17-5-3-4-6-21(17)25/h3-10,13-14H,11-12H2,1-2H3,(H,24,26). The van der Waals surface area contributed by atoms with Gasteiger partial charge >= 0.3 is 0 Å². The fourth-order valence-electron chi connectivity index (χ4n) is 3.43. The van der Waals surface area contributed by atoms with Gasteiger partial charge < -0.3 is 10.2 Å². The molecule has 130 valence electrons. The van der Waals surface area contributed by atoms with E-state index in [9.17, 15) is 4.79 Å². The molecule has 0 bridgehead atoms. The molecule has 1 N–H and O–H groups in total. The van der Waals surface area contributed by atoms with Gasteiger partial charge in [0.05, 0.1) is 11.9 Å². The Morgan fingerprint density at radius 1 is 1.08 bits per heavy atom. The van der Waals surface area contributed by atoms with Crippen LogP contribution in [-0.4, -0.2) is 17.4 Å². The zero-order chi connectivity index (χ0) is 18.1. The Labute approximate surface area is 153 Å². The minimum atomic E-state index is -0.190. The summed E-state index contributed by atoms with van der Waals surface area (Å²) in [5.74, 6) is -0.190. The van der Waals surface area contributed by atoms with Gasteiger partial charge in [-0.2, -0.15) is 0 Å². The highest BCUT2D eigenvalue weighted by Crippen LogP contribution is 2.33. The van der Waals surface area contributed by atoms with E-state index in [2.05, 4.69) is 45.5 Å². The third-order valence-corrected chi connectivity index (χ3v) is 4.81. The van der Waals surface area contributed by atoms with Crippen LogP contribution in [0.2, 0.25) is 0 Å². The van der Waals surface area contributed by atoms with Crippen LogP contribution in [0, 0.1) is 13.8 Å². The van der Waals surface area contributed by atoms with Crippen LogP contribution < -0.4 is 10.2 Å². The van der Waals surface area contributed by atoms with Crippen LogP contribution in [0.25, 0.3) is 0 Å². The molecule has 0 saturated heterocycles. The zero-order valence-electron chi connectivity index (χ0n) is 15.0. The molecule has 4 rings (SSSR count). The van der Waals surface area contributed by atoms with Gasteiger partial charge in [0.1, 0.15) is 5.69 Å². The number of benzene rings is 2. The quantitative estimate of drug-likeness (QED) is 0.753. The minimum absolute atomic E-state index is 0.190. The maximum atomic E-state index is 12.5. The molecule has 2 heterocycles. The summed E-state index contributed by atoms with van der Waals surface area (Å²) in [6.07, 6.45) is 2.81. The normalized spacial score (nSPS) is 12.8. The summed E-state index contributed by atoms with van der Waals surface area (Å²) >= 11 is 0. The van der Waals surface area contributed by atoms with Crippen molar-refractivity contribution in [3.8, 4) is 0 Å². The maximum absolute atomic E-state index is 12.5. The number of pyridine rings is 1. The summed E-state index contributed by atoms with van der Waals surface area (Å²) in [6.45, 7) is 4.97. The molecule has 0 atom stereocenters. The van der Waals surface area contributed by atoms with Crippen molar-refractivity contribution in [3.63, 3.8) is 0 Å². The topological polar surface area (TPSA) is 45.2 Å². The number of anilines is 3.